The Morgan fingerprint density at radius 3 is 2.58 bits per heavy atom. The molecular weight excluding hydrogens is 335 g/mol. The number of nitrogens with two attached hydrogens (primary N) is 1. The zero-order valence-corrected chi connectivity index (χ0v) is 12.8. The molecule has 1 aromatic rings. The summed E-state index contributed by atoms with van der Waals surface area (Å²) in [6, 6.07) is 3.94. The van der Waals surface area contributed by atoms with Crippen molar-refractivity contribution in [2.24, 2.45) is 11.7 Å². The average Bonchev–Trinajstić information content (AvgIpc) is 2.41. The van der Waals surface area contributed by atoms with Gasteiger partial charge < -0.3 is 5.73 Å². The molecule has 0 atom stereocenters. The first-order valence-electron chi connectivity index (χ1n) is 6.10. The van der Waals surface area contributed by atoms with Crippen molar-refractivity contribution in [1.82, 2.24) is 4.31 Å². The first-order chi connectivity index (χ1) is 8.95. The maximum Gasteiger partial charge on any atom is 0.246 e. The van der Waals surface area contributed by atoms with Crippen molar-refractivity contribution >= 4 is 26.0 Å². The molecule has 1 fully saturated rings. The lowest BCUT2D eigenvalue weighted by atomic mass is 9.99. The number of piperidine rings is 1. The normalized spacial score (nSPS) is 18.7. The van der Waals surface area contributed by atoms with Gasteiger partial charge in [-0.1, -0.05) is 15.9 Å². The molecule has 0 spiro atoms. The summed E-state index contributed by atoms with van der Waals surface area (Å²) in [4.78, 5) is -0.270. The fourth-order valence-corrected chi connectivity index (χ4v) is 4.27. The first-order valence-corrected chi connectivity index (χ1v) is 8.33. The van der Waals surface area contributed by atoms with E-state index >= 15 is 0 Å². The van der Waals surface area contributed by atoms with E-state index in [1.165, 1.54) is 16.4 Å². The van der Waals surface area contributed by atoms with Crippen LogP contribution in [0.5, 0.6) is 0 Å². The highest BCUT2D eigenvalue weighted by Gasteiger charge is 2.31. The summed E-state index contributed by atoms with van der Waals surface area (Å²) in [6.07, 6.45) is 1.46. The van der Waals surface area contributed by atoms with Crippen LogP contribution >= 0.6 is 15.9 Å². The molecule has 2 N–H and O–H groups in total. The fourth-order valence-electron chi connectivity index (χ4n) is 2.20. The number of halogens is 2. The molecular formula is C12H16BrFN2O2S. The minimum Gasteiger partial charge on any atom is -0.330 e. The fraction of sp³-hybridized carbons (Fsp3) is 0.500. The molecule has 1 heterocycles. The van der Waals surface area contributed by atoms with Crippen LogP contribution in [0.15, 0.2) is 27.6 Å². The molecule has 0 radical (unpaired) electrons. The van der Waals surface area contributed by atoms with Crippen molar-refractivity contribution in [2.75, 3.05) is 19.6 Å². The lowest BCUT2D eigenvalue weighted by Gasteiger charge is -2.30. The number of nitrogens with zero attached hydrogens (tertiary/aromatic N) is 1. The predicted octanol–water partition coefficient (Wildman–Crippen LogP) is 1.95. The molecule has 1 saturated heterocycles. The van der Waals surface area contributed by atoms with Crippen molar-refractivity contribution in [3.63, 3.8) is 0 Å². The van der Waals surface area contributed by atoms with Crippen LogP contribution in [-0.4, -0.2) is 32.4 Å². The van der Waals surface area contributed by atoms with Crippen molar-refractivity contribution in [2.45, 2.75) is 17.7 Å². The highest BCUT2D eigenvalue weighted by Crippen LogP contribution is 2.26. The Hall–Kier alpha value is -0.500. The predicted molar refractivity (Wildman–Crippen MR) is 74.6 cm³/mol. The van der Waals surface area contributed by atoms with Gasteiger partial charge in [-0.2, -0.15) is 4.31 Å². The number of hydrogen-bond acceptors (Lipinski definition) is 3. The zero-order valence-electron chi connectivity index (χ0n) is 10.4. The van der Waals surface area contributed by atoms with Crippen molar-refractivity contribution in [3.8, 4) is 0 Å². The Kier molecular flexibility index (Phi) is 4.60. The van der Waals surface area contributed by atoms with Gasteiger partial charge in [-0.25, -0.2) is 12.8 Å². The van der Waals surface area contributed by atoms with Gasteiger partial charge in [0.05, 0.1) is 0 Å². The maximum absolute atomic E-state index is 13.7. The molecule has 0 aromatic heterocycles. The molecule has 1 aromatic carbocycles. The topological polar surface area (TPSA) is 63.4 Å². The highest BCUT2D eigenvalue weighted by atomic mass is 79.9. The molecule has 1 aliphatic rings. The largest absolute Gasteiger partial charge is 0.330 e. The third kappa shape index (κ3) is 3.16. The second-order valence-electron chi connectivity index (χ2n) is 4.66. The third-order valence-electron chi connectivity index (χ3n) is 3.42. The lowest BCUT2D eigenvalue weighted by molar-refractivity contribution is 0.278. The first kappa shape index (κ1) is 14.9. The number of hydrogen-bond donors (Lipinski definition) is 1. The van der Waals surface area contributed by atoms with Crippen LogP contribution in [0.1, 0.15) is 12.8 Å². The van der Waals surface area contributed by atoms with Gasteiger partial charge in [0.25, 0.3) is 0 Å². The standard InChI is InChI=1S/C12H16BrFN2O2S/c13-10-1-2-11(14)12(7-10)19(17,18)16-5-3-9(8-15)4-6-16/h1-2,7,9H,3-6,8,15H2. The summed E-state index contributed by atoms with van der Waals surface area (Å²) in [5.41, 5.74) is 5.58. The third-order valence-corrected chi connectivity index (χ3v) is 5.82. The van der Waals surface area contributed by atoms with E-state index in [4.69, 9.17) is 5.73 Å². The molecule has 0 unspecified atom stereocenters. The van der Waals surface area contributed by atoms with Gasteiger partial charge in [-0.3, -0.25) is 0 Å². The van der Waals surface area contributed by atoms with E-state index in [-0.39, 0.29) is 4.90 Å². The van der Waals surface area contributed by atoms with E-state index in [0.29, 0.717) is 30.0 Å². The number of rotatable bonds is 3. The smallest absolute Gasteiger partial charge is 0.246 e. The Morgan fingerprint density at radius 2 is 2.00 bits per heavy atom. The van der Waals surface area contributed by atoms with Gasteiger partial charge in [-0.05, 0) is 43.5 Å². The van der Waals surface area contributed by atoms with Crippen LogP contribution < -0.4 is 5.73 Å². The minimum atomic E-state index is -3.76. The molecule has 0 aliphatic carbocycles. The molecule has 0 saturated carbocycles. The average molecular weight is 351 g/mol. The Morgan fingerprint density at radius 1 is 1.37 bits per heavy atom. The maximum atomic E-state index is 13.7. The summed E-state index contributed by atoms with van der Waals surface area (Å²) >= 11 is 3.17. The van der Waals surface area contributed by atoms with Crippen LogP contribution in [0.4, 0.5) is 4.39 Å². The van der Waals surface area contributed by atoms with Crippen LogP contribution in [0.2, 0.25) is 0 Å². The van der Waals surface area contributed by atoms with Crippen molar-refractivity contribution in [3.05, 3.63) is 28.5 Å². The molecule has 0 bridgehead atoms. The monoisotopic (exact) mass is 350 g/mol. The second kappa shape index (κ2) is 5.87. The van der Waals surface area contributed by atoms with E-state index in [1.54, 1.807) is 0 Å². The number of benzene rings is 1. The molecule has 19 heavy (non-hydrogen) atoms. The van der Waals surface area contributed by atoms with Crippen molar-refractivity contribution in [1.29, 1.82) is 0 Å². The second-order valence-corrected chi connectivity index (χ2v) is 7.48. The van der Waals surface area contributed by atoms with Crippen LogP contribution in [0, 0.1) is 11.7 Å². The van der Waals surface area contributed by atoms with Crippen LogP contribution in [0.25, 0.3) is 0 Å². The summed E-state index contributed by atoms with van der Waals surface area (Å²) in [5, 5.41) is 0. The van der Waals surface area contributed by atoms with Crippen molar-refractivity contribution < 1.29 is 12.8 Å². The minimum absolute atomic E-state index is 0.270. The molecule has 1 aliphatic heterocycles. The van der Waals surface area contributed by atoms with Gasteiger partial charge in [-0.15, -0.1) is 0 Å². The van der Waals surface area contributed by atoms with Crippen LogP contribution in [0.3, 0.4) is 0 Å². The molecule has 4 nitrogen and oxygen atoms in total. The molecule has 7 heteroatoms. The van der Waals surface area contributed by atoms with E-state index in [1.807, 2.05) is 0 Å². The lowest BCUT2D eigenvalue weighted by Crippen LogP contribution is -2.40. The quantitative estimate of drug-likeness (QED) is 0.905. The molecule has 2 rings (SSSR count). The zero-order chi connectivity index (χ0) is 14.0. The molecule has 0 amide bonds. The summed E-state index contributed by atoms with van der Waals surface area (Å²) in [6.45, 7) is 1.37. The Labute approximate surface area is 121 Å². The number of sulfonamides is 1. The van der Waals surface area contributed by atoms with Gasteiger partial charge >= 0.3 is 0 Å². The van der Waals surface area contributed by atoms with Gasteiger partial charge in [0, 0.05) is 17.6 Å². The van der Waals surface area contributed by atoms with E-state index < -0.39 is 15.8 Å². The van der Waals surface area contributed by atoms with Gasteiger partial charge in [0.2, 0.25) is 10.0 Å². The van der Waals surface area contributed by atoms with E-state index in [2.05, 4.69) is 15.9 Å². The van der Waals surface area contributed by atoms with Crippen LogP contribution in [-0.2, 0) is 10.0 Å². The molecule has 106 valence electrons. The summed E-state index contributed by atoms with van der Waals surface area (Å²) in [7, 11) is -3.76. The highest BCUT2D eigenvalue weighted by molar-refractivity contribution is 9.10. The summed E-state index contributed by atoms with van der Waals surface area (Å²) < 4.78 is 40.4. The van der Waals surface area contributed by atoms with E-state index in [0.717, 1.165) is 18.9 Å². The van der Waals surface area contributed by atoms with E-state index in [9.17, 15) is 12.8 Å². The Balaban J connectivity index is 2.26. The SMILES string of the molecule is NCC1CCN(S(=O)(=O)c2cc(Br)ccc2F)CC1. The Bertz CT molecular complexity index is 557. The van der Waals surface area contributed by atoms with Gasteiger partial charge in [0.1, 0.15) is 10.7 Å². The van der Waals surface area contributed by atoms with Gasteiger partial charge in [0.15, 0.2) is 0 Å². The summed E-state index contributed by atoms with van der Waals surface area (Å²) in [5.74, 6) is -0.358.